The van der Waals surface area contributed by atoms with Crippen molar-refractivity contribution >= 4 is 0 Å². The fourth-order valence-electron chi connectivity index (χ4n) is 1.06. The normalized spacial score (nSPS) is 49.2. The highest BCUT2D eigenvalue weighted by molar-refractivity contribution is 4.88. The predicted octanol–water partition coefficient (Wildman–Crippen LogP) is -2.24. The summed E-state index contributed by atoms with van der Waals surface area (Å²) in [6.45, 7) is -0.606. The maximum atomic E-state index is 12.6. The Kier molecular flexibility index (Phi) is 2.97. The SMILES string of the molecule is OC[C@H]1O[C@@H]([18F])[C@H](O)[C@@H](O)[C@@H]1O. The van der Waals surface area contributed by atoms with Crippen molar-refractivity contribution in [3.63, 3.8) is 0 Å². The summed E-state index contributed by atoms with van der Waals surface area (Å²) in [4.78, 5) is 0. The van der Waals surface area contributed by atoms with E-state index in [-0.39, 0.29) is 0 Å². The molecule has 0 unspecified atom stereocenters. The van der Waals surface area contributed by atoms with Gasteiger partial charge in [-0.25, -0.2) is 4.39 Å². The number of aliphatic hydroxyl groups excluding tert-OH is 4. The highest BCUT2D eigenvalue weighted by Crippen LogP contribution is 2.21. The van der Waals surface area contributed by atoms with Crippen LogP contribution < -0.4 is 0 Å². The Morgan fingerprint density at radius 1 is 1.08 bits per heavy atom. The molecule has 1 rings (SSSR count). The lowest BCUT2D eigenvalue weighted by atomic mass is 10.00. The summed E-state index contributed by atoms with van der Waals surface area (Å²) in [5, 5.41) is 35.4. The van der Waals surface area contributed by atoms with Crippen molar-refractivity contribution in [3.8, 4) is 0 Å². The molecule has 1 heterocycles. The Hall–Kier alpha value is -0.270. The smallest absolute Gasteiger partial charge is 0.228 e. The van der Waals surface area contributed by atoms with Gasteiger partial charge in [-0.05, 0) is 0 Å². The fourth-order valence-corrected chi connectivity index (χ4v) is 1.06. The van der Waals surface area contributed by atoms with Crippen molar-refractivity contribution in [2.45, 2.75) is 30.8 Å². The Bertz CT molecular complexity index is 150. The predicted molar refractivity (Wildman–Crippen MR) is 34.9 cm³/mol. The molecule has 0 aromatic carbocycles. The van der Waals surface area contributed by atoms with E-state index < -0.39 is 37.4 Å². The van der Waals surface area contributed by atoms with E-state index in [1.165, 1.54) is 0 Å². The molecule has 0 spiro atoms. The van der Waals surface area contributed by atoms with Crippen LogP contribution in [0.2, 0.25) is 0 Å². The van der Waals surface area contributed by atoms with Crippen LogP contribution in [-0.2, 0) is 4.74 Å². The molecule has 0 aromatic heterocycles. The lowest BCUT2D eigenvalue weighted by Gasteiger charge is -2.36. The van der Waals surface area contributed by atoms with E-state index in [0.717, 1.165) is 0 Å². The van der Waals surface area contributed by atoms with Gasteiger partial charge in [-0.15, -0.1) is 0 Å². The van der Waals surface area contributed by atoms with Gasteiger partial charge in [-0.3, -0.25) is 0 Å². The average Bonchev–Trinajstić information content (AvgIpc) is 2.08. The molecule has 0 radical (unpaired) electrons. The molecule has 1 saturated heterocycles. The van der Waals surface area contributed by atoms with Gasteiger partial charge < -0.3 is 25.2 Å². The van der Waals surface area contributed by atoms with Gasteiger partial charge in [0.05, 0.1) is 6.61 Å². The first-order valence-corrected chi connectivity index (χ1v) is 3.52. The van der Waals surface area contributed by atoms with Crippen LogP contribution >= 0.6 is 0 Å². The van der Waals surface area contributed by atoms with Crippen molar-refractivity contribution in [1.29, 1.82) is 0 Å². The van der Waals surface area contributed by atoms with Gasteiger partial charge in [0.2, 0.25) is 6.36 Å². The number of aliphatic hydroxyl groups is 4. The number of hydrogen-bond acceptors (Lipinski definition) is 5. The molecule has 12 heavy (non-hydrogen) atoms. The van der Waals surface area contributed by atoms with Crippen molar-refractivity contribution in [2.24, 2.45) is 0 Å². The Morgan fingerprint density at radius 3 is 2.17 bits per heavy atom. The van der Waals surface area contributed by atoms with Crippen LogP contribution in [0.4, 0.5) is 4.39 Å². The summed E-state index contributed by atoms with van der Waals surface area (Å²) in [6.07, 6.45) is -8.09. The van der Waals surface area contributed by atoms with Crippen LogP contribution in [0.15, 0.2) is 0 Å². The average molecular weight is 181 g/mol. The van der Waals surface area contributed by atoms with Crippen LogP contribution in [0.1, 0.15) is 0 Å². The minimum absolute atomic E-state index is 0.606. The first-order chi connectivity index (χ1) is 5.57. The lowest BCUT2D eigenvalue weighted by Crippen LogP contribution is -2.57. The number of halogens is 1. The molecule has 0 aliphatic carbocycles. The van der Waals surface area contributed by atoms with E-state index >= 15 is 0 Å². The minimum atomic E-state index is -2.07. The van der Waals surface area contributed by atoms with Gasteiger partial charge >= 0.3 is 0 Å². The van der Waals surface area contributed by atoms with Crippen molar-refractivity contribution in [2.75, 3.05) is 6.61 Å². The third kappa shape index (κ3) is 1.57. The molecule has 0 amide bonds. The van der Waals surface area contributed by atoms with Crippen LogP contribution in [0.25, 0.3) is 0 Å². The first kappa shape index (κ1) is 9.82. The highest BCUT2D eigenvalue weighted by Gasteiger charge is 2.43. The van der Waals surface area contributed by atoms with E-state index in [1.807, 2.05) is 0 Å². The summed E-state index contributed by atoms with van der Waals surface area (Å²) in [5.41, 5.74) is 0. The zero-order valence-corrected chi connectivity index (χ0v) is 6.17. The third-order valence-electron chi connectivity index (χ3n) is 1.83. The maximum absolute atomic E-state index is 12.6. The van der Waals surface area contributed by atoms with E-state index in [9.17, 15) is 4.39 Å². The Balaban J connectivity index is 2.63. The quantitative estimate of drug-likeness (QED) is 0.367. The van der Waals surface area contributed by atoms with Gasteiger partial charge in [0.15, 0.2) is 0 Å². The van der Waals surface area contributed by atoms with Gasteiger partial charge in [-0.2, -0.15) is 0 Å². The number of alkyl halides is 1. The van der Waals surface area contributed by atoms with Crippen molar-refractivity contribution in [1.82, 2.24) is 0 Å². The highest BCUT2D eigenvalue weighted by atomic mass is 18.2. The summed E-state index contributed by atoms with van der Waals surface area (Å²) >= 11 is 0. The number of hydrogen-bond donors (Lipinski definition) is 4. The van der Waals surface area contributed by atoms with Gasteiger partial charge in [0, 0.05) is 0 Å². The molecule has 5 nitrogen and oxygen atoms in total. The monoisotopic (exact) mass is 181 g/mol. The molecular weight excluding hydrogens is 170 g/mol. The van der Waals surface area contributed by atoms with Gasteiger partial charge in [0.25, 0.3) is 0 Å². The fraction of sp³-hybridized carbons (Fsp3) is 1.00. The van der Waals surface area contributed by atoms with E-state index in [4.69, 9.17) is 20.4 Å². The van der Waals surface area contributed by atoms with Crippen LogP contribution in [0, 0.1) is 0 Å². The molecular formula is C6H11FO5. The topological polar surface area (TPSA) is 90.2 Å². The molecule has 0 bridgehead atoms. The second kappa shape index (κ2) is 3.63. The molecule has 1 aliphatic rings. The second-order valence-corrected chi connectivity index (χ2v) is 2.68. The molecule has 4 N–H and O–H groups in total. The maximum Gasteiger partial charge on any atom is 0.228 e. The largest absolute Gasteiger partial charge is 0.394 e. The number of ether oxygens (including phenoxy) is 1. The van der Waals surface area contributed by atoms with Crippen molar-refractivity contribution in [3.05, 3.63) is 0 Å². The third-order valence-corrected chi connectivity index (χ3v) is 1.83. The van der Waals surface area contributed by atoms with Crippen LogP contribution in [0.5, 0.6) is 0 Å². The molecule has 72 valence electrons. The molecule has 0 aromatic rings. The minimum Gasteiger partial charge on any atom is -0.394 e. The molecule has 6 heteroatoms. The number of rotatable bonds is 1. The summed E-state index contributed by atoms with van der Waals surface area (Å²) in [6, 6.07) is 0. The van der Waals surface area contributed by atoms with Gasteiger partial charge in [-0.1, -0.05) is 0 Å². The van der Waals surface area contributed by atoms with Crippen LogP contribution in [0.3, 0.4) is 0 Å². The zero-order chi connectivity index (χ0) is 9.30. The second-order valence-electron chi connectivity index (χ2n) is 2.68. The van der Waals surface area contributed by atoms with E-state index in [0.29, 0.717) is 0 Å². The molecule has 1 aliphatic heterocycles. The Morgan fingerprint density at radius 2 is 1.67 bits per heavy atom. The Labute approximate surface area is 68.0 Å². The zero-order valence-electron chi connectivity index (χ0n) is 6.17. The standard InChI is InChI=1S/C6H11FO5/c7-6-5(11)4(10)3(9)2(1-8)12-6/h2-6,8-11H,1H2/t2-,3-,4+,5-,6-/m1/s1/i7-1. The first-order valence-electron chi connectivity index (χ1n) is 3.52. The lowest BCUT2D eigenvalue weighted by molar-refractivity contribution is -0.262. The molecule has 0 saturated carbocycles. The van der Waals surface area contributed by atoms with Crippen LogP contribution in [-0.4, -0.2) is 57.8 Å². The van der Waals surface area contributed by atoms with E-state index in [1.54, 1.807) is 0 Å². The summed E-state index contributed by atoms with van der Waals surface area (Å²) in [7, 11) is 0. The van der Waals surface area contributed by atoms with Crippen molar-refractivity contribution < 1.29 is 29.6 Å². The summed E-state index contributed by atoms with van der Waals surface area (Å²) < 4.78 is 16.9. The van der Waals surface area contributed by atoms with E-state index in [2.05, 4.69) is 4.74 Å². The molecule has 1 fully saturated rings. The van der Waals surface area contributed by atoms with Gasteiger partial charge in [0.1, 0.15) is 24.4 Å². The molecule has 5 atom stereocenters. The summed E-state index contributed by atoms with van der Waals surface area (Å²) in [5.74, 6) is 0.